The van der Waals surface area contributed by atoms with Crippen LogP contribution in [-0.2, 0) is 0 Å². The largest absolute Gasteiger partial charge is 0.302 e. The molecule has 4 nitrogen and oxygen atoms in total. The van der Waals surface area contributed by atoms with Crippen LogP contribution in [0.15, 0.2) is 30.3 Å². The van der Waals surface area contributed by atoms with Crippen LogP contribution in [0.3, 0.4) is 0 Å². The van der Waals surface area contributed by atoms with Crippen molar-refractivity contribution in [1.29, 1.82) is 0 Å². The fourth-order valence-corrected chi connectivity index (χ4v) is 4.23. The van der Waals surface area contributed by atoms with E-state index < -0.39 is 11.6 Å². The van der Waals surface area contributed by atoms with Gasteiger partial charge in [-0.3, -0.25) is 9.69 Å². The summed E-state index contributed by atoms with van der Waals surface area (Å²) in [5, 5.41) is 0.565. The van der Waals surface area contributed by atoms with Crippen LogP contribution in [0, 0.1) is 25.5 Å². The number of nitrogens with zero attached hydrogens (tertiary/aromatic N) is 3. The van der Waals surface area contributed by atoms with E-state index >= 15 is 0 Å². The Hall–Kier alpha value is -2.38. The van der Waals surface area contributed by atoms with Gasteiger partial charge < -0.3 is 4.90 Å². The second-order valence-electron chi connectivity index (χ2n) is 6.96. The zero-order valence-corrected chi connectivity index (χ0v) is 17.9. The number of aromatic nitrogens is 1. The van der Waals surface area contributed by atoms with E-state index in [-0.39, 0.29) is 11.5 Å². The average Bonchev–Trinajstić information content (AvgIpc) is 3.14. The van der Waals surface area contributed by atoms with Crippen molar-refractivity contribution in [2.75, 3.05) is 31.1 Å². The molecule has 0 saturated carbocycles. The SMILES string of the molecule is CCN(CC)CCN(C(=O)c1ccc(F)c(F)c1)c1nc2c(C)c(C)ccc2s1. The van der Waals surface area contributed by atoms with Gasteiger partial charge in [-0.25, -0.2) is 13.8 Å². The molecule has 1 heterocycles. The first-order valence-electron chi connectivity index (χ1n) is 9.71. The second kappa shape index (κ2) is 8.97. The molecule has 0 atom stereocenters. The summed E-state index contributed by atoms with van der Waals surface area (Å²) in [5.41, 5.74) is 3.19. The Morgan fingerprint density at radius 1 is 1.03 bits per heavy atom. The molecule has 0 saturated heterocycles. The number of likely N-dealkylation sites (N-methyl/N-ethyl adjacent to an activating group) is 1. The van der Waals surface area contributed by atoms with E-state index in [0.29, 0.717) is 18.2 Å². The van der Waals surface area contributed by atoms with Gasteiger partial charge in [-0.2, -0.15) is 0 Å². The Morgan fingerprint density at radius 2 is 1.76 bits per heavy atom. The summed E-state index contributed by atoms with van der Waals surface area (Å²) in [6.07, 6.45) is 0. The number of amides is 1. The molecule has 154 valence electrons. The van der Waals surface area contributed by atoms with Gasteiger partial charge in [-0.05, 0) is 62.3 Å². The molecule has 29 heavy (non-hydrogen) atoms. The Balaban J connectivity index is 2.01. The van der Waals surface area contributed by atoms with Crippen molar-refractivity contribution < 1.29 is 13.6 Å². The van der Waals surface area contributed by atoms with Crippen LogP contribution in [0.25, 0.3) is 10.2 Å². The maximum Gasteiger partial charge on any atom is 0.260 e. The molecule has 3 rings (SSSR count). The van der Waals surface area contributed by atoms with Crippen LogP contribution in [0.2, 0.25) is 0 Å². The number of hydrogen-bond acceptors (Lipinski definition) is 4. The first kappa shape index (κ1) is 21.3. The Kier molecular flexibility index (Phi) is 6.59. The summed E-state index contributed by atoms with van der Waals surface area (Å²) in [6.45, 7) is 11.0. The molecule has 0 unspecified atom stereocenters. The number of halogens is 2. The van der Waals surface area contributed by atoms with Gasteiger partial charge >= 0.3 is 0 Å². The molecular weight excluding hydrogens is 392 g/mol. The summed E-state index contributed by atoms with van der Waals surface area (Å²) in [5.74, 6) is -2.39. The predicted octanol–water partition coefficient (Wildman–Crippen LogP) is 5.18. The highest BCUT2D eigenvalue weighted by atomic mass is 32.1. The number of anilines is 1. The molecule has 2 aromatic carbocycles. The molecule has 0 aliphatic carbocycles. The number of benzene rings is 2. The number of thiazole rings is 1. The molecule has 0 bridgehead atoms. The van der Waals surface area contributed by atoms with Crippen molar-refractivity contribution in [3.63, 3.8) is 0 Å². The highest BCUT2D eigenvalue weighted by Crippen LogP contribution is 2.32. The quantitative estimate of drug-likeness (QED) is 0.531. The van der Waals surface area contributed by atoms with Crippen LogP contribution >= 0.6 is 11.3 Å². The minimum absolute atomic E-state index is 0.107. The van der Waals surface area contributed by atoms with Gasteiger partial charge in [0, 0.05) is 18.7 Å². The minimum atomic E-state index is -1.03. The first-order chi connectivity index (χ1) is 13.8. The number of fused-ring (bicyclic) bond motifs is 1. The summed E-state index contributed by atoms with van der Waals surface area (Å²) in [6, 6.07) is 7.29. The molecule has 0 spiro atoms. The van der Waals surface area contributed by atoms with E-state index in [1.807, 2.05) is 26.0 Å². The van der Waals surface area contributed by atoms with Gasteiger partial charge in [0.25, 0.3) is 5.91 Å². The van der Waals surface area contributed by atoms with Gasteiger partial charge in [0.2, 0.25) is 0 Å². The standard InChI is InChI=1S/C22H25F2N3OS/c1-5-26(6-2)11-12-27(21(28)16-8-9-17(23)18(24)13-16)22-25-20-15(4)14(3)7-10-19(20)29-22/h7-10,13H,5-6,11-12H2,1-4H3. The number of aryl methyl sites for hydroxylation is 2. The molecule has 1 amide bonds. The van der Waals surface area contributed by atoms with Crippen LogP contribution in [0.1, 0.15) is 35.3 Å². The predicted molar refractivity (Wildman–Crippen MR) is 115 cm³/mol. The van der Waals surface area contributed by atoms with Crippen LogP contribution in [0.5, 0.6) is 0 Å². The van der Waals surface area contributed by atoms with E-state index in [1.165, 1.54) is 17.4 Å². The zero-order chi connectivity index (χ0) is 21.1. The lowest BCUT2D eigenvalue weighted by Gasteiger charge is -2.24. The monoisotopic (exact) mass is 417 g/mol. The lowest BCUT2D eigenvalue weighted by Crippen LogP contribution is -2.39. The minimum Gasteiger partial charge on any atom is -0.302 e. The Labute approximate surface area is 173 Å². The summed E-state index contributed by atoms with van der Waals surface area (Å²) in [7, 11) is 0. The second-order valence-corrected chi connectivity index (χ2v) is 7.97. The highest BCUT2D eigenvalue weighted by Gasteiger charge is 2.23. The van der Waals surface area contributed by atoms with Crippen molar-refractivity contribution in [3.8, 4) is 0 Å². The number of carbonyl (C=O) groups is 1. The smallest absolute Gasteiger partial charge is 0.260 e. The molecule has 0 aliphatic rings. The van der Waals surface area contributed by atoms with Crippen molar-refractivity contribution >= 4 is 32.6 Å². The molecule has 0 fully saturated rings. The van der Waals surface area contributed by atoms with Gasteiger partial charge in [0.15, 0.2) is 16.8 Å². The van der Waals surface area contributed by atoms with Gasteiger partial charge in [-0.15, -0.1) is 0 Å². The zero-order valence-electron chi connectivity index (χ0n) is 17.1. The fraction of sp³-hybridized carbons (Fsp3) is 0.364. The van der Waals surface area contributed by atoms with Gasteiger partial charge in [-0.1, -0.05) is 31.3 Å². The lowest BCUT2D eigenvalue weighted by molar-refractivity contribution is 0.0983. The number of rotatable bonds is 7. The highest BCUT2D eigenvalue weighted by molar-refractivity contribution is 7.22. The van der Waals surface area contributed by atoms with E-state index in [2.05, 4.69) is 18.7 Å². The van der Waals surface area contributed by atoms with Crippen LogP contribution in [0.4, 0.5) is 13.9 Å². The van der Waals surface area contributed by atoms with Crippen molar-refractivity contribution in [3.05, 3.63) is 58.7 Å². The summed E-state index contributed by atoms with van der Waals surface area (Å²) < 4.78 is 28.1. The third-order valence-electron chi connectivity index (χ3n) is 5.25. The Bertz CT molecular complexity index is 1030. The lowest BCUT2D eigenvalue weighted by atomic mass is 10.1. The maximum absolute atomic E-state index is 13.7. The summed E-state index contributed by atoms with van der Waals surface area (Å²) >= 11 is 1.43. The van der Waals surface area contributed by atoms with Crippen molar-refractivity contribution in [2.24, 2.45) is 0 Å². The first-order valence-corrected chi connectivity index (χ1v) is 10.5. The third-order valence-corrected chi connectivity index (χ3v) is 6.29. The molecule has 7 heteroatoms. The molecule has 1 aromatic heterocycles. The van der Waals surface area contributed by atoms with E-state index in [9.17, 15) is 13.6 Å². The van der Waals surface area contributed by atoms with Gasteiger partial charge in [0.1, 0.15) is 0 Å². The van der Waals surface area contributed by atoms with Crippen LogP contribution < -0.4 is 4.90 Å². The van der Waals surface area contributed by atoms with Gasteiger partial charge in [0.05, 0.1) is 10.2 Å². The molecule has 0 radical (unpaired) electrons. The molecule has 0 N–H and O–H groups in total. The van der Waals surface area contributed by atoms with E-state index in [4.69, 9.17) is 4.98 Å². The fourth-order valence-electron chi connectivity index (χ4n) is 3.18. The van der Waals surface area contributed by atoms with E-state index in [0.717, 1.165) is 46.6 Å². The van der Waals surface area contributed by atoms with Crippen molar-refractivity contribution in [1.82, 2.24) is 9.88 Å². The molecule has 0 aliphatic heterocycles. The molecular formula is C22H25F2N3OS. The van der Waals surface area contributed by atoms with Crippen molar-refractivity contribution in [2.45, 2.75) is 27.7 Å². The number of carbonyl (C=O) groups excluding carboxylic acids is 1. The maximum atomic E-state index is 13.7. The third kappa shape index (κ3) is 4.46. The van der Waals surface area contributed by atoms with Crippen LogP contribution in [-0.4, -0.2) is 42.0 Å². The van der Waals surface area contributed by atoms with E-state index in [1.54, 1.807) is 4.90 Å². The number of hydrogen-bond donors (Lipinski definition) is 0. The normalized spacial score (nSPS) is 11.4. The summed E-state index contributed by atoms with van der Waals surface area (Å²) in [4.78, 5) is 21.7. The Morgan fingerprint density at radius 3 is 2.41 bits per heavy atom. The average molecular weight is 418 g/mol. The topological polar surface area (TPSA) is 36.4 Å². The molecule has 3 aromatic rings.